The van der Waals surface area contributed by atoms with E-state index in [9.17, 15) is 4.79 Å². The predicted octanol–water partition coefficient (Wildman–Crippen LogP) is 2.71. The Kier molecular flexibility index (Phi) is 5.80. The fourth-order valence-corrected chi connectivity index (χ4v) is 2.14. The zero-order chi connectivity index (χ0) is 16.7. The summed E-state index contributed by atoms with van der Waals surface area (Å²) >= 11 is 0. The lowest BCUT2D eigenvalue weighted by Gasteiger charge is -2.10. The van der Waals surface area contributed by atoms with Gasteiger partial charge in [0.2, 0.25) is 5.91 Å². The first-order valence-electron chi connectivity index (χ1n) is 7.31. The topological polar surface area (TPSA) is 72.5 Å². The summed E-state index contributed by atoms with van der Waals surface area (Å²) in [6.07, 6.45) is 2.54. The van der Waals surface area contributed by atoms with Crippen molar-refractivity contribution in [1.29, 1.82) is 0 Å². The van der Waals surface area contributed by atoms with E-state index in [-0.39, 0.29) is 5.91 Å². The number of nitrogens with zero attached hydrogens (tertiary/aromatic N) is 1. The summed E-state index contributed by atoms with van der Waals surface area (Å²) in [6.45, 7) is 2.22. The molecule has 1 aromatic carbocycles. The van der Waals surface area contributed by atoms with E-state index in [0.29, 0.717) is 5.82 Å². The van der Waals surface area contributed by atoms with Gasteiger partial charge in [-0.1, -0.05) is 6.07 Å². The molecule has 2 N–H and O–H groups in total. The second-order valence-electron chi connectivity index (χ2n) is 4.98. The van der Waals surface area contributed by atoms with E-state index in [1.807, 2.05) is 24.3 Å². The van der Waals surface area contributed by atoms with Crippen molar-refractivity contribution in [3.8, 4) is 11.5 Å². The number of amides is 1. The molecule has 0 spiro atoms. The minimum Gasteiger partial charge on any atom is -0.493 e. The van der Waals surface area contributed by atoms with Crippen LogP contribution in [0.2, 0.25) is 0 Å². The molecule has 0 unspecified atom stereocenters. The smallest absolute Gasteiger partial charge is 0.222 e. The lowest BCUT2D eigenvalue weighted by molar-refractivity contribution is -0.114. The van der Waals surface area contributed by atoms with Crippen LogP contribution in [0, 0.1) is 0 Å². The first kappa shape index (κ1) is 16.6. The van der Waals surface area contributed by atoms with Gasteiger partial charge in [0.05, 0.1) is 26.1 Å². The molecule has 0 saturated heterocycles. The molecular weight excluding hydrogens is 294 g/mol. The summed E-state index contributed by atoms with van der Waals surface area (Å²) in [4.78, 5) is 15.1. The van der Waals surface area contributed by atoms with Gasteiger partial charge in [0.25, 0.3) is 0 Å². The molecule has 2 aromatic rings. The second kappa shape index (κ2) is 8.03. The molecule has 0 bridgehead atoms. The van der Waals surface area contributed by atoms with Crippen LogP contribution in [0.4, 0.5) is 11.5 Å². The minimum absolute atomic E-state index is 0.133. The van der Waals surface area contributed by atoms with Gasteiger partial charge in [-0.15, -0.1) is 0 Å². The number of carbonyl (C=O) groups excluding carboxylic acids is 1. The van der Waals surface area contributed by atoms with Crippen molar-refractivity contribution in [3.05, 3.63) is 42.1 Å². The molecule has 122 valence electrons. The van der Waals surface area contributed by atoms with Crippen molar-refractivity contribution in [2.75, 3.05) is 31.4 Å². The third-order valence-corrected chi connectivity index (χ3v) is 3.26. The van der Waals surface area contributed by atoms with Crippen LogP contribution in [0.25, 0.3) is 0 Å². The van der Waals surface area contributed by atoms with Crippen molar-refractivity contribution in [1.82, 2.24) is 4.98 Å². The second-order valence-corrected chi connectivity index (χ2v) is 4.98. The number of nitrogens with one attached hydrogen (secondary N) is 2. The van der Waals surface area contributed by atoms with Crippen LogP contribution < -0.4 is 20.1 Å². The molecule has 6 nitrogen and oxygen atoms in total. The Labute approximate surface area is 135 Å². The van der Waals surface area contributed by atoms with Crippen molar-refractivity contribution in [2.24, 2.45) is 0 Å². The number of rotatable bonds is 7. The van der Waals surface area contributed by atoms with Crippen LogP contribution in [0.5, 0.6) is 11.5 Å². The van der Waals surface area contributed by atoms with Gasteiger partial charge < -0.3 is 20.1 Å². The summed E-state index contributed by atoms with van der Waals surface area (Å²) in [7, 11) is 3.25. The van der Waals surface area contributed by atoms with Crippen LogP contribution in [-0.4, -0.2) is 31.7 Å². The monoisotopic (exact) mass is 315 g/mol. The van der Waals surface area contributed by atoms with Gasteiger partial charge in [-0.05, 0) is 36.2 Å². The van der Waals surface area contributed by atoms with E-state index in [0.717, 1.165) is 35.7 Å². The highest BCUT2D eigenvalue weighted by Crippen LogP contribution is 2.27. The summed E-state index contributed by atoms with van der Waals surface area (Å²) in [5.41, 5.74) is 2.05. The summed E-state index contributed by atoms with van der Waals surface area (Å²) in [5, 5.41) is 5.93. The normalized spacial score (nSPS) is 10.0. The van der Waals surface area contributed by atoms with Gasteiger partial charge in [-0.25, -0.2) is 4.98 Å². The van der Waals surface area contributed by atoms with E-state index in [2.05, 4.69) is 15.6 Å². The molecule has 0 aliphatic rings. The number of hydrogen-bond donors (Lipinski definition) is 2. The van der Waals surface area contributed by atoms with Crippen molar-refractivity contribution >= 4 is 17.4 Å². The van der Waals surface area contributed by atoms with E-state index < -0.39 is 0 Å². The van der Waals surface area contributed by atoms with Crippen molar-refractivity contribution in [2.45, 2.75) is 13.3 Å². The minimum atomic E-state index is -0.133. The maximum atomic E-state index is 10.9. The zero-order valence-electron chi connectivity index (χ0n) is 13.6. The van der Waals surface area contributed by atoms with Crippen molar-refractivity contribution in [3.63, 3.8) is 0 Å². The number of benzene rings is 1. The molecule has 0 fully saturated rings. The molecule has 0 radical (unpaired) electrons. The molecule has 0 saturated carbocycles. The summed E-state index contributed by atoms with van der Waals surface area (Å²) in [6, 6.07) is 9.53. The number of carbonyl (C=O) groups is 1. The average Bonchev–Trinajstić information content (AvgIpc) is 2.55. The molecule has 1 heterocycles. The third-order valence-electron chi connectivity index (χ3n) is 3.26. The molecule has 0 atom stereocenters. The van der Waals surface area contributed by atoms with E-state index >= 15 is 0 Å². The van der Waals surface area contributed by atoms with Crippen LogP contribution >= 0.6 is 0 Å². The van der Waals surface area contributed by atoms with E-state index in [1.165, 1.54) is 6.92 Å². The predicted molar refractivity (Wildman–Crippen MR) is 90.3 cm³/mol. The maximum Gasteiger partial charge on any atom is 0.222 e. The molecule has 2 rings (SSSR count). The lowest BCUT2D eigenvalue weighted by atomic mass is 10.1. The Balaban J connectivity index is 1.88. The van der Waals surface area contributed by atoms with Gasteiger partial charge in [0.1, 0.15) is 5.82 Å². The highest BCUT2D eigenvalue weighted by molar-refractivity contribution is 5.87. The molecule has 23 heavy (non-hydrogen) atoms. The fraction of sp³-hybridized carbons (Fsp3) is 0.294. The summed E-state index contributed by atoms with van der Waals surface area (Å²) < 4.78 is 10.5. The number of pyridine rings is 1. The van der Waals surface area contributed by atoms with Crippen LogP contribution in [0.15, 0.2) is 36.5 Å². The number of hydrogen-bond acceptors (Lipinski definition) is 5. The van der Waals surface area contributed by atoms with Gasteiger partial charge in [0, 0.05) is 13.5 Å². The molecular formula is C17H21N3O3. The van der Waals surface area contributed by atoms with Gasteiger partial charge in [0.15, 0.2) is 11.5 Å². The Hall–Kier alpha value is -2.76. The quantitative estimate of drug-likeness (QED) is 0.822. The standard InChI is InChI=1S/C17H21N3O3/c1-12(21)20-17-7-5-14(11-19-17)18-9-8-13-4-6-15(22-2)16(10-13)23-3/h4-7,10-11,18H,8-9H2,1-3H3,(H,19,20,21). The zero-order valence-corrected chi connectivity index (χ0v) is 13.6. The van der Waals surface area contributed by atoms with Crippen LogP contribution in [-0.2, 0) is 11.2 Å². The first-order chi connectivity index (χ1) is 11.1. The number of aromatic nitrogens is 1. The SMILES string of the molecule is COc1ccc(CCNc2ccc(NC(C)=O)nc2)cc1OC. The molecule has 1 amide bonds. The van der Waals surface area contributed by atoms with E-state index in [1.54, 1.807) is 26.5 Å². The van der Waals surface area contributed by atoms with Crippen LogP contribution in [0.3, 0.4) is 0 Å². The van der Waals surface area contributed by atoms with E-state index in [4.69, 9.17) is 9.47 Å². The van der Waals surface area contributed by atoms with Gasteiger partial charge in [-0.2, -0.15) is 0 Å². The van der Waals surface area contributed by atoms with Crippen molar-refractivity contribution < 1.29 is 14.3 Å². The van der Waals surface area contributed by atoms with Gasteiger partial charge in [-0.3, -0.25) is 4.79 Å². The number of ether oxygens (including phenoxy) is 2. The largest absolute Gasteiger partial charge is 0.493 e. The molecule has 1 aromatic heterocycles. The average molecular weight is 315 g/mol. The highest BCUT2D eigenvalue weighted by atomic mass is 16.5. The third kappa shape index (κ3) is 4.88. The summed E-state index contributed by atoms with van der Waals surface area (Å²) in [5.74, 6) is 1.86. The molecule has 0 aliphatic heterocycles. The number of methoxy groups -OCH3 is 2. The molecule has 0 aliphatic carbocycles. The number of anilines is 2. The Morgan fingerprint density at radius 1 is 1.13 bits per heavy atom. The Morgan fingerprint density at radius 3 is 2.52 bits per heavy atom. The van der Waals surface area contributed by atoms with Gasteiger partial charge >= 0.3 is 0 Å². The fourth-order valence-electron chi connectivity index (χ4n) is 2.14. The highest BCUT2D eigenvalue weighted by Gasteiger charge is 2.04. The Bertz CT molecular complexity index is 657. The maximum absolute atomic E-state index is 10.9. The first-order valence-corrected chi connectivity index (χ1v) is 7.31. The van der Waals surface area contributed by atoms with Crippen LogP contribution in [0.1, 0.15) is 12.5 Å². The lowest BCUT2D eigenvalue weighted by Crippen LogP contribution is -2.08. The molecule has 6 heteroatoms. The Morgan fingerprint density at radius 2 is 1.91 bits per heavy atom.